The van der Waals surface area contributed by atoms with E-state index in [1.54, 1.807) is 14.0 Å². The third-order valence-electron chi connectivity index (χ3n) is 5.54. The first-order chi connectivity index (χ1) is 14.0. The number of aromatic amines is 1. The van der Waals surface area contributed by atoms with E-state index in [4.69, 9.17) is 14.6 Å². The van der Waals surface area contributed by atoms with Crippen molar-refractivity contribution in [2.24, 2.45) is 0 Å². The van der Waals surface area contributed by atoms with Crippen molar-refractivity contribution in [3.05, 3.63) is 40.2 Å². The number of hydrogen-bond donors (Lipinski definition) is 2. The molecule has 1 saturated heterocycles. The number of aromatic nitrogens is 2. The van der Waals surface area contributed by atoms with Gasteiger partial charge in [-0.05, 0) is 50.9 Å². The maximum atomic E-state index is 10.9. The van der Waals surface area contributed by atoms with Crippen molar-refractivity contribution < 1.29 is 19.4 Å². The largest absolute Gasteiger partial charge is 0.512 e. The fourth-order valence-electron chi connectivity index (χ4n) is 4.16. The van der Waals surface area contributed by atoms with Gasteiger partial charge >= 0.3 is 6.16 Å². The molecule has 1 fully saturated rings. The van der Waals surface area contributed by atoms with Gasteiger partial charge in [-0.25, -0.2) is 9.78 Å². The van der Waals surface area contributed by atoms with E-state index in [-0.39, 0.29) is 6.04 Å². The maximum Gasteiger partial charge on any atom is 0.512 e. The third-order valence-corrected chi connectivity index (χ3v) is 6.68. The molecule has 1 aromatic carbocycles. The standard InChI is InChI=1S/C21H25N3O4S/c1-12-10-17(27-3)15(14-7-8-22-18(12)14)11-24-9-5-4-6-16(24)19-23-13(2)20(29-19)28-21(25)26/h7-8,10,16,22H,4-6,9,11H2,1-3H3,(H,25,26). The van der Waals surface area contributed by atoms with Gasteiger partial charge in [0, 0.05) is 29.2 Å². The minimum atomic E-state index is -1.30. The second-order valence-corrected chi connectivity index (χ2v) is 8.41. The van der Waals surface area contributed by atoms with Gasteiger partial charge in [-0.1, -0.05) is 17.8 Å². The van der Waals surface area contributed by atoms with E-state index in [2.05, 4.69) is 33.9 Å². The zero-order chi connectivity index (χ0) is 20.5. The van der Waals surface area contributed by atoms with Gasteiger partial charge in [0.2, 0.25) is 5.06 Å². The Labute approximate surface area is 173 Å². The maximum absolute atomic E-state index is 10.9. The van der Waals surface area contributed by atoms with Gasteiger partial charge in [-0.2, -0.15) is 0 Å². The van der Waals surface area contributed by atoms with Crippen molar-refractivity contribution >= 4 is 28.4 Å². The molecule has 29 heavy (non-hydrogen) atoms. The number of rotatable bonds is 5. The first-order valence-electron chi connectivity index (χ1n) is 9.73. The van der Waals surface area contributed by atoms with Crippen LogP contribution in [0.15, 0.2) is 18.3 Å². The molecular weight excluding hydrogens is 390 g/mol. The Morgan fingerprint density at radius 2 is 2.24 bits per heavy atom. The fraction of sp³-hybridized carbons (Fsp3) is 0.429. The van der Waals surface area contributed by atoms with Crippen LogP contribution in [0.2, 0.25) is 0 Å². The Hall–Kier alpha value is -2.58. The normalized spacial score (nSPS) is 17.6. The van der Waals surface area contributed by atoms with Crippen LogP contribution in [-0.2, 0) is 6.54 Å². The summed E-state index contributed by atoms with van der Waals surface area (Å²) in [7, 11) is 1.71. The average molecular weight is 416 g/mol. The van der Waals surface area contributed by atoms with E-state index in [0.717, 1.165) is 59.8 Å². The number of nitrogens with one attached hydrogen (secondary N) is 1. The molecule has 2 N–H and O–H groups in total. The molecule has 0 spiro atoms. The van der Waals surface area contributed by atoms with Crippen LogP contribution in [0.5, 0.6) is 10.8 Å². The molecule has 0 bridgehead atoms. The van der Waals surface area contributed by atoms with Crippen LogP contribution < -0.4 is 9.47 Å². The number of piperidine rings is 1. The van der Waals surface area contributed by atoms with Gasteiger partial charge in [-0.3, -0.25) is 4.90 Å². The van der Waals surface area contributed by atoms with E-state index in [1.165, 1.54) is 16.7 Å². The van der Waals surface area contributed by atoms with Crippen LogP contribution in [0, 0.1) is 13.8 Å². The van der Waals surface area contributed by atoms with Gasteiger partial charge in [0.15, 0.2) is 0 Å². The number of likely N-dealkylation sites (tertiary alicyclic amines) is 1. The number of H-pyrrole nitrogens is 1. The van der Waals surface area contributed by atoms with Gasteiger partial charge in [0.05, 0.1) is 18.8 Å². The smallest absolute Gasteiger partial charge is 0.496 e. The lowest BCUT2D eigenvalue weighted by Crippen LogP contribution is -2.33. The van der Waals surface area contributed by atoms with Crippen molar-refractivity contribution in [2.75, 3.05) is 13.7 Å². The highest BCUT2D eigenvalue weighted by atomic mass is 32.1. The highest BCUT2D eigenvalue weighted by Crippen LogP contribution is 2.40. The molecule has 3 aromatic rings. The molecule has 0 saturated carbocycles. The summed E-state index contributed by atoms with van der Waals surface area (Å²) in [5.74, 6) is 0.893. The number of hydrogen-bond acceptors (Lipinski definition) is 6. The first-order valence-corrected chi connectivity index (χ1v) is 10.5. The van der Waals surface area contributed by atoms with Crippen molar-refractivity contribution in [1.82, 2.24) is 14.9 Å². The number of carboxylic acid groups (broad SMARTS) is 1. The van der Waals surface area contributed by atoms with Gasteiger partial charge in [0.1, 0.15) is 10.8 Å². The topological polar surface area (TPSA) is 87.7 Å². The first kappa shape index (κ1) is 19.7. The lowest BCUT2D eigenvalue weighted by atomic mass is 9.99. The van der Waals surface area contributed by atoms with Gasteiger partial charge in [0.25, 0.3) is 0 Å². The van der Waals surface area contributed by atoms with Crippen LogP contribution in [-0.4, -0.2) is 39.8 Å². The number of thiazole rings is 1. The predicted molar refractivity (Wildman–Crippen MR) is 112 cm³/mol. The molecule has 2 aromatic heterocycles. The summed E-state index contributed by atoms with van der Waals surface area (Å²) in [6.45, 7) is 5.58. The number of aryl methyl sites for hydroxylation is 2. The third kappa shape index (κ3) is 3.82. The molecule has 154 valence electrons. The summed E-state index contributed by atoms with van der Waals surface area (Å²) in [5, 5.41) is 11.4. The molecular formula is C21H25N3O4S. The molecule has 0 amide bonds. The predicted octanol–water partition coefficient (Wildman–Crippen LogP) is 5.03. The number of benzene rings is 1. The summed E-state index contributed by atoms with van der Waals surface area (Å²) in [5.41, 5.74) is 4.08. The number of methoxy groups -OCH3 is 1. The second kappa shape index (κ2) is 8.04. The summed E-state index contributed by atoms with van der Waals surface area (Å²) < 4.78 is 10.6. The zero-order valence-corrected chi connectivity index (χ0v) is 17.6. The van der Waals surface area contributed by atoms with Crippen LogP contribution >= 0.6 is 11.3 Å². The summed E-state index contributed by atoms with van der Waals surface area (Å²) in [6, 6.07) is 4.32. The monoisotopic (exact) mass is 415 g/mol. The molecule has 8 heteroatoms. The molecule has 4 rings (SSSR count). The zero-order valence-electron chi connectivity index (χ0n) is 16.8. The fourth-order valence-corrected chi connectivity index (χ4v) is 5.24. The molecule has 0 radical (unpaired) electrons. The Kier molecular flexibility index (Phi) is 5.47. The van der Waals surface area contributed by atoms with Crippen molar-refractivity contribution in [2.45, 2.75) is 45.7 Å². The van der Waals surface area contributed by atoms with Crippen LogP contribution in [0.4, 0.5) is 4.79 Å². The number of ether oxygens (including phenoxy) is 2. The van der Waals surface area contributed by atoms with Gasteiger partial charge in [-0.15, -0.1) is 0 Å². The van der Waals surface area contributed by atoms with E-state index in [9.17, 15) is 4.79 Å². The van der Waals surface area contributed by atoms with E-state index in [1.807, 2.05) is 6.20 Å². The Morgan fingerprint density at radius 3 is 3.00 bits per heavy atom. The molecule has 7 nitrogen and oxygen atoms in total. The van der Waals surface area contributed by atoms with Crippen LogP contribution in [0.3, 0.4) is 0 Å². The molecule has 3 heterocycles. The second-order valence-electron chi connectivity index (χ2n) is 7.42. The number of carbonyl (C=O) groups is 1. The summed E-state index contributed by atoms with van der Waals surface area (Å²) in [4.78, 5) is 21.3. The van der Waals surface area contributed by atoms with Crippen molar-refractivity contribution in [3.63, 3.8) is 0 Å². The Balaban J connectivity index is 1.68. The average Bonchev–Trinajstić information content (AvgIpc) is 3.32. The Morgan fingerprint density at radius 1 is 1.41 bits per heavy atom. The number of fused-ring (bicyclic) bond motifs is 1. The Bertz CT molecular complexity index is 1040. The summed E-state index contributed by atoms with van der Waals surface area (Å²) >= 11 is 1.33. The van der Waals surface area contributed by atoms with Gasteiger partial charge < -0.3 is 19.6 Å². The quantitative estimate of drug-likeness (QED) is 0.568. The molecule has 1 unspecified atom stereocenters. The minimum Gasteiger partial charge on any atom is -0.496 e. The van der Waals surface area contributed by atoms with E-state index in [0.29, 0.717) is 10.8 Å². The highest BCUT2D eigenvalue weighted by molar-refractivity contribution is 7.13. The molecule has 1 aliphatic heterocycles. The minimum absolute atomic E-state index is 0.138. The molecule has 1 aliphatic rings. The molecule has 0 aliphatic carbocycles. The summed E-state index contributed by atoms with van der Waals surface area (Å²) in [6.07, 6.45) is 3.91. The van der Waals surface area contributed by atoms with Crippen molar-refractivity contribution in [1.29, 1.82) is 0 Å². The highest BCUT2D eigenvalue weighted by Gasteiger charge is 2.29. The van der Waals surface area contributed by atoms with Crippen molar-refractivity contribution in [3.8, 4) is 10.8 Å². The molecule has 1 atom stereocenters. The van der Waals surface area contributed by atoms with E-state index < -0.39 is 6.16 Å². The SMILES string of the molecule is COc1cc(C)c2[nH]ccc2c1CN1CCCCC1c1nc(C)c(OC(=O)O)s1. The number of nitrogens with zero attached hydrogens (tertiary/aromatic N) is 2. The van der Waals surface area contributed by atoms with Crippen LogP contribution in [0.1, 0.15) is 47.1 Å². The van der Waals surface area contributed by atoms with E-state index >= 15 is 0 Å². The lowest BCUT2D eigenvalue weighted by Gasteiger charge is -2.35. The van der Waals surface area contributed by atoms with Crippen LogP contribution in [0.25, 0.3) is 10.9 Å². The lowest BCUT2D eigenvalue weighted by molar-refractivity contribution is 0.139.